The van der Waals surface area contributed by atoms with Crippen molar-refractivity contribution in [3.8, 4) is 0 Å². The number of carbonyl (C=O) groups excluding carboxylic acids is 1. The van der Waals surface area contributed by atoms with Gasteiger partial charge in [-0.25, -0.2) is 0 Å². The number of rotatable bonds is 4. The van der Waals surface area contributed by atoms with Crippen LogP contribution in [0.4, 0.5) is 0 Å². The van der Waals surface area contributed by atoms with E-state index in [1.165, 1.54) is 23.6 Å². The van der Waals surface area contributed by atoms with Gasteiger partial charge >= 0.3 is 5.97 Å². The summed E-state index contributed by atoms with van der Waals surface area (Å²) in [6.07, 6.45) is 2.57. The molecule has 3 heteroatoms. The molecule has 0 fully saturated rings. The third-order valence-corrected chi connectivity index (χ3v) is 3.75. The number of nitrogens with zero attached hydrogens (tertiary/aromatic N) is 1. The second-order valence-electron chi connectivity index (χ2n) is 5.34. The molecular weight excluding hydrogens is 238 g/mol. The summed E-state index contributed by atoms with van der Waals surface area (Å²) in [5.41, 5.74) is 2.44. The summed E-state index contributed by atoms with van der Waals surface area (Å²) in [6, 6.07) is 8.31. The first-order chi connectivity index (χ1) is 9.04. The first-order valence-corrected chi connectivity index (χ1v) is 6.65. The Labute approximate surface area is 114 Å². The fraction of sp³-hybridized carbons (Fsp3) is 0.438. The zero-order valence-electron chi connectivity index (χ0n) is 12.0. The molecule has 0 amide bonds. The van der Waals surface area contributed by atoms with Gasteiger partial charge in [-0.3, -0.25) is 4.79 Å². The lowest BCUT2D eigenvalue weighted by Crippen LogP contribution is -2.13. The van der Waals surface area contributed by atoms with Crippen LogP contribution in [0.2, 0.25) is 0 Å². The van der Waals surface area contributed by atoms with Crippen LogP contribution < -0.4 is 0 Å². The number of methoxy groups -OCH3 is 1. The Kier molecular flexibility index (Phi) is 3.93. The van der Waals surface area contributed by atoms with E-state index in [1.54, 1.807) is 0 Å². The van der Waals surface area contributed by atoms with Gasteiger partial charge in [0.05, 0.1) is 13.5 Å². The number of aromatic nitrogens is 1. The van der Waals surface area contributed by atoms with E-state index in [-0.39, 0.29) is 11.9 Å². The summed E-state index contributed by atoms with van der Waals surface area (Å²) < 4.78 is 6.95. The highest BCUT2D eigenvalue weighted by Crippen LogP contribution is 2.34. The lowest BCUT2D eigenvalue weighted by molar-refractivity contribution is -0.141. The molecule has 0 bridgehead atoms. The third-order valence-electron chi connectivity index (χ3n) is 3.75. The number of benzene rings is 1. The van der Waals surface area contributed by atoms with Crippen LogP contribution in [-0.2, 0) is 16.6 Å². The number of esters is 1. The molecule has 102 valence electrons. The molecule has 0 radical (unpaired) electrons. The summed E-state index contributed by atoms with van der Waals surface area (Å²) in [4.78, 5) is 11.6. The molecule has 0 aliphatic rings. The number of aryl methyl sites for hydroxylation is 1. The van der Waals surface area contributed by atoms with Gasteiger partial charge in [-0.15, -0.1) is 0 Å². The fourth-order valence-electron chi connectivity index (χ4n) is 2.64. The number of carbonyl (C=O) groups is 1. The van der Waals surface area contributed by atoms with Gasteiger partial charge in [0.1, 0.15) is 0 Å². The predicted octanol–water partition coefficient (Wildman–Crippen LogP) is 3.48. The second-order valence-corrected chi connectivity index (χ2v) is 5.34. The lowest BCUT2D eigenvalue weighted by Gasteiger charge is -2.19. The number of hydrogen-bond donors (Lipinski definition) is 0. The Hall–Kier alpha value is -1.77. The quantitative estimate of drug-likeness (QED) is 0.787. The van der Waals surface area contributed by atoms with Gasteiger partial charge in [-0.2, -0.15) is 0 Å². The molecule has 0 spiro atoms. The van der Waals surface area contributed by atoms with Crippen molar-refractivity contribution in [2.75, 3.05) is 7.11 Å². The van der Waals surface area contributed by atoms with Gasteiger partial charge < -0.3 is 9.30 Å². The van der Waals surface area contributed by atoms with Gasteiger partial charge in [-0.1, -0.05) is 32.0 Å². The third kappa shape index (κ3) is 2.65. The van der Waals surface area contributed by atoms with E-state index < -0.39 is 0 Å². The Morgan fingerprint density at radius 1 is 1.32 bits per heavy atom. The molecule has 1 heterocycles. The fourth-order valence-corrected chi connectivity index (χ4v) is 2.64. The highest BCUT2D eigenvalue weighted by atomic mass is 16.5. The molecular formula is C16H21NO2. The van der Waals surface area contributed by atoms with Crippen LogP contribution in [0.25, 0.3) is 10.9 Å². The minimum Gasteiger partial charge on any atom is -0.469 e. The van der Waals surface area contributed by atoms with Crippen LogP contribution in [0.15, 0.2) is 30.5 Å². The highest BCUT2D eigenvalue weighted by Gasteiger charge is 2.23. The van der Waals surface area contributed by atoms with Crippen molar-refractivity contribution >= 4 is 16.9 Å². The van der Waals surface area contributed by atoms with Gasteiger partial charge in [0.25, 0.3) is 0 Å². The van der Waals surface area contributed by atoms with Crippen molar-refractivity contribution < 1.29 is 9.53 Å². The van der Waals surface area contributed by atoms with Crippen molar-refractivity contribution in [3.05, 3.63) is 36.0 Å². The zero-order valence-corrected chi connectivity index (χ0v) is 12.0. The molecule has 2 aromatic rings. The van der Waals surface area contributed by atoms with Crippen LogP contribution in [0.1, 0.15) is 31.7 Å². The van der Waals surface area contributed by atoms with Crippen molar-refractivity contribution in [2.24, 2.45) is 13.0 Å². The molecule has 0 unspecified atom stereocenters. The van der Waals surface area contributed by atoms with Crippen molar-refractivity contribution in [3.63, 3.8) is 0 Å². The first-order valence-electron chi connectivity index (χ1n) is 6.65. The van der Waals surface area contributed by atoms with E-state index in [0.29, 0.717) is 12.3 Å². The maximum atomic E-state index is 11.6. The average molecular weight is 259 g/mol. The van der Waals surface area contributed by atoms with Gasteiger partial charge in [-0.05, 0) is 23.5 Å². The Morgan fingerprint density at radius 3 is 2.63 bits per heavy atom. The molecule has 0 N–H and O–H groups in total. The Bertz CT molecular complexity index is 583. The predicted molar refractivity (Wildman–Crippen MR) is 77.1 cm³/mol. The summed E-state index contributed by atoms with van der Waals surface area (Å²) in [5, 5.41) is 1.23. The average Bonchev–Trinajstić information content (AvgIpc) is 2.73. The normalized spacial score (nSPS) is 12.9. The molecule has 3 nitrogen and oxygen atoms in total. The molecule has 19 heavy (non-hydrogen) atoms. The van der Waals surface area contributed by atoms with E-state index in [9.17, 15) is 4.79 Å². The largest absolute Gasteiger partial charge is 0.469 e. The number of ether oxygens (including phenoxy) is 1. The molecule has 2 rings (SSSR count). The molecule has 1 atom stereocenters. The summed E-state index contributed by atoms with van der Waals surface area (Å²) >= 11 is 0. The van der Waals surface area contributed by atoms with Crippen LogP contribution in [-0.4, -0.2) is 17.6 Å². The van der Waals surface area contributed by atoms with Crippen molar-refractivity contribution in [2.45, 2.75) is 26.2 Å². The van der Waals surface area contributed by atoms with Crippen LogP contribution >= 0.6 is 0 Å². The van der Waals surface area contributed by atoms with E-state index in [0.717, 1.165) is 0 Å². The number of para-hydroxylation sites is 1. The smallest absolute Gasteiger partial charge is 0.306 e. The lowest BCUT2D eigenvalue weighted by atomic mass is 9.85. The van der Waals surface area contributed by atoms with Crippen molar-refractivity contribution in [1.82, 2.24) is 4.57 Å². The minimum atomic E-state index is -0.147. The van der Waals surface area contributed by atoms with Gasteiger partial charge in [0.15, 0.2) is 0 Å². The zero-order chi connectivity index (χ0) is 14.0. The molecule has 0 aliphatic carbocycles. The van der Waals surface area contributed by atoms with E-state index >= 15 is 0 Å². The van der Waals surface area contributed by atoms with Crippen LogP contribution in [0.3, 0.4) is 0 Å². The van der Waals surface area contributed by atoms with Crippen LogP contribution in [0.5, 0.6) is 0 Å². The highest BCUT2D eigenvalue weighted by molar-refractivity contribution is 5.85. The van der Waals surface area contributed by atoms with E-state index in [2.05, 4.69) is 36.7 Å². The van der Waals surface area contributed by atoms with Gasteiger partial charge in [0, 0.05) is 24.1 Å². The topological polar surface area (TPSA) is 31.2 Å². The molecule has 1 aromatic carbocycles. The Morgan fingerprint density at radius 2 is 2.00 bits per heavy atom. The maximum absolute atomic E-state index is 11.6. The van der Waals surface area contributed by atoms with Gasteiger partial charge in [0.2, 0.25) is 0 Å². The molecule has 0 aliphatic heterocycles. The van der Waals surface area contributed by atoms with E-state index in [1.807, 2.05) is 19.2 Å². The van der Waals surface area contributed by atoms with Crippen LogP contribution in [0, 0.1) is 5.92 Å². The maximum Gasteiger partial charge on any atom is 0.306 e. The standard InChI is InChI=1S/C16H21NO2/c1-11(2)13(9-16(18)19-4)14-10-17(3)15-8-6-5-7-12(14)15/h5-8,10-11,13H,9H2,1-4H3/t13-/m1/s1. The summed E-state index contributed by atoms with van der Waals surface area (Å²) in [7, 11) is 3.49. The summed E-state index contributed by atoms with van der Waals surface area (Å²) in [5.74, 6) is 0.440. The molecule has 0 saturated carbocycles. The van der Waals surface area contributed by atoms with Crippen molar-refractivity contribution in [1.29, 1.82) is 0 Å². The monoisotopic (exact) mass is 259 g/mol. The minimum absolute atomic E-state index is 0.147. The first kappa shape index (κ1) is 13.7. The molecule has 1 aromatic heterocycles. The second kappa shape index (κ2) is 5.47. The molecule has 0 saturated heterocycles. The number of hydrogen-bond acceptors (Lipinski definition) is 2. The Balaban J connectivity index is 2.47. The number of fused-ring (bicyclic) bond motifs is 1. The summed E-state index contributed by atoms with van der Waals surface area (Å²) in [6.45, 7) is 4.30. The SMILES string of the molecule is COC(=O)C[C@@H](c1cn(C)c2ccccc12)C(C)C. The van der Waals surface area contributed by atoms with E-state index in [4.69, 9.17) is 4.74 Å².